The number of rotatable bonds is 7. The minimum absolute atomic E-state index is 0.256. The zero-order chi connectivity index (χ0) is 12.0. The third-order valence-electron chi connectivity index (χ3n) is 3.09. The molecule has 2 unspecified atom stereocenters. The topological polar surface area (TPSA) is 46.2 Å². The van der Waals surface area contributed by atoms with Gasteiger partial charge in [-0.2, -0.15) is 11.8 Å². The molecule has 0 aromatic heterocycles. The second-order valence-corrected chi connectivity index (χ2v) is 8.21. The molecule has 5 heteroatoms. The highest BCUT2D eigenvalue weighted by molar-refractivity contribution is 7.99. The summed E-state index contributed by atoms with van der Waals surface area (Å²) in [7, 11) is -2.81. The Morgan fingerprint density at radius 2 is 2.06 bits per heavy atom. The molecule has 1 aliphatic rings. The first kappa shape index (κ1) is 14.3. The van der Waals surface area contributed by atoms with Gasteiger partial charge in [0, 0.05) is 23.6 Å². The highest BCUT2D eigenvalue weighted by atomic mass is 32.2. The molecule has 2 atom stereocenters. The van der Waals surface area contributed by atoms with Gasteiger partial charge in [0.25, 0.3) is 0 Å². The Morgan fingerprint density at radius 1 is 1.31 bits per heavy atom. The highest BCUT2D eigenvalue weighted by Crippen LogP contribution is 2.29. The van der Waals surface area contributed by atoms with Gasteiger partial charge >= 0.3 is 0 Å². The summed E-state index contributed by atoms with van der Waals surface area (Å²) in [6.07, 6.45) is 3.75. The molecule has 0 aromatic rings. The fraction of sp³-hybridized carbons (Fsp3) is 1.00. The second-order valence-electron chi connectivity index (χ2n) is 4.22. The summed E-state index contributed by atoms with van der Waals surface area (Å²) in [4.78, 5) is 0. The average molecular weight is 265 g/mol. The van der Waals surface area contributed by atoms with Gasteiger partial charge in [0.2, 0.25) is 0 Å². The molecule has 1 rings (SSSR count). The molecular formula is C11H23NO2S2. The fourth-order valence-electron chi connectivity index (χ4n) is 2.12. The highest BCUT2D eigenvalue weighted by Gasteiger charge is 2.26. The predicted octanol–water partition coefficient (Wildman–Crippen LogP) is 1.68. The van der Waals surface area contributed by atoms with Crippen molar-refractivity contribution >= 4 is 21.6 Å². The van der Waals surface area contributed by atoms with Crippen molar-refractivity contribution < 1.29 is 8.42 Å². The Hall–Kier alpha value is 0.260. The lowest BCUT2D eigenvalue weighted by molar-refractivity contribution is 0.543. The summed E-state index contributed by atoms with van der Waals surface area (Å²) in [5, 5.41) is 4.10. The number of hydrogen-bond acceptors (Lipinski definition) is 4. The minimum atomic E-state index is -2.81. The first-order valence-corrected chi connectivity index (χ1v) is 9.01. The van der Waals surface area contributed by atoms with Crippen molar-refractivity contribution in [1.82, 2.24) is 5.32 Å². The molecule has 0 spiro atoms. The number of thioether (sulfide) groups is 1. The molecule has 0 aliphatic heterocycles. The van der Waals surface area contributed by atoms with Crippen LogP contribution < -0.4 is 5.32 Å². The normalized spacial score (nSPS) is 26.1. The van der Waals surface area contributed by atoms with Gasteiger partial charge in [-0.05, 0) is 18.6 Å². The van der Waals surface area contributed by atoms with E-state index in [0.717, 1.165) is 5.75 Å². The molecule has 0 radical (unpaired) electrons. The average Bonchev–Trinajstić information content (AvgIpc) is 2.66. The number of sulfone groups is 1. The number of nitrogens with one attached hydrogen (secondary N) is 1. The van der Waals surface area contributed by atoms with E-state index in [1.807, 2.05) is 11.8 Å². The van der Waals surface area contributed by atoms with E-state index in [2.05, 4.69) is 12.2 Å². The van der Waals surface area contributed by atoms with Crippen molar-refractivity contribution in [3.63, 3.8) is 0 Å². The van der Waals surface area contributed by atoms with Crippen LogP contribution >= 0.6 is 11.8 Å². The molecule has 0 saturated heterocycles. The maximum atomic E-state index is 11.3. The van der Waals surface area contributed by atoms with Crippen LogP contribution in [0.4, 0.5) is 0 Å². The van der Waals surface area contributed by atoms with Crippen molar-refractivity contribution in [2.45, 2.75) is 44.4 Å². The van der Waals surface area contributed by atoms with Crippen LogP contribution in [0, 0.1) is 0 Å². The molecule has 0 aromatic carbocycles. The largest absolute Gasteiger partial charge is 0.312 e. The molecule has 1 fully saturated rings. The molecule has 0 bridgehead atoms. The Kier molecular flexibility index (Phi) is 6.15. The van der Waals surface area contributed by atoms with Gasteiger partial charge in [0.1, 0.15) is 0 Å². The van der Waals surface area contributed by atoms with Crippen molar-refractivity contribution in [2.75, 3.05) is 23.8 Å². The molecule has 0 heterocycles. The van der Waals surface area contributed by atoms with Crippen molar-refractivity contribution in [3.05, 3.63) is 0 Å². The molecular weight excluding hydrogens is 242 g/mol. The van der Waals surface area contributed by atoms with Crippen molar-refractivity contribution in [1.29, 1.82) is 0 Å². The van der Waals surface area contributed by atoms with Gasteiger partial charge < -0.3 is 5.32 Å². The standard InChI is InChI=1S/C11H23NO2S2/c1-3-15-11-7-5-6-10(11)12-8-9-16(13,14)4-2/h10-12H,3-9H2,1-2H3. The zero-order valence-electron chi connectivity index (χ0n) is 10.2. The SMILES string of the molecule is CCSC1CCCC1NCCS(=O)(=O)CC. The Balaban J connectivity index is 2.27. The van der Waals surface area contributed by atoms with Crippen molar-refractivity contribution in [3.8, 4) is 0 Å². The van der Waals surface area contributed by atoms with E-state index in [4.69, 9.17) is 0 Å². The summed E-state index contributed by atoms with van der Waals surface area (Å²) in [5.74, 6) is 1.69. The molecule has 96 valence electrons. The summed E-state index contributed by atoms with van der Waals surface area (Å²) < 4.78 is 22.7. The van der Waals surface area contributed by atoms with Crippen LogP contribution in [-0.4, -0.2) is 43.5 Å². The van der Waals surface area contributed by atoms with Crippen LogP contribution in [0.3, 0.4) is 0 Å². The number of hydrogen-bond donors (Lipinski definition) is 1. The Morgan fingerprint density at radius 3 is 2.69 bits per heavy atom. The van der Waals surface area contributed by atoms with E-state index >= 15 is 0 Å². The molecule has 3 nitrogen and oxygen atoms in total. The maximum absolute atomic E-state index is 11.3. The van der Waals surface area contributed by atoms with Gasteiger partial charge in [0.05, 0.1) is 5.75 Å². The van der Waals surface area contributed by atoms with Gasteiger partial charge in [0.15, 0.2) is 9.84 Å². The van der Waals surface area contributed by atoms with Crippen LogP contribution in [0.1, 0.15) is 33.1 Å². The summed E-state index contributed by atoms with van der Waals surface area (Å²) in [5.41, 5.74) is 0. The summed E-state index contributed by atoms with van der Waals surface area (Å²) in [6, 6.07) is 0.525. The molecule has 0 amide bonds. The second kappa shape index (κ2) is 6.87. The predicted molar refractivity (Wildman–Crippen MR) is 71.9 cm³/mol. The summed E-state index contributed by atoms with van der Waals surface area (Å²) in [6.45, 7) is 4.50. The molecule has 1 N–H and O–H groups in total. The maximum Gasteiger partial charge on any atom is 0.151 e. The van der Waals surface area contributed by atoms with E-state index < -0.39 is 9.84 Å². The van der Waals surface area contributed by atoms with Crippen molar-refractivity contribution in [2.24, 2.45) is 0 Å². The van der Waals surface area contributed by atoms with Crippen LogP contribution in [-0.2, 0) is 9.84 Å². The van der Waals surface area contributed by atoms with Crippen LogP contribution in [0.5, 0.6) is 0 Å². The van der Waals surface area contributed by atoms with Gasteiger partial charge in [-0.25, -0.2) is 8.42 Å². The van der Waals surface area contributed by atoms with Crippen LogP contribution in [0.2, 0.25) is 0 Å². The third kappa shape index (κ3) is 4.63. The Labute approximate surface area is 104 Å². The van der Waals surface area contributed by atoms with Gasteiger partial charge in [-0.15, -0.1) is 0 Å². The summed E-state index contributed by atoms with van der Waals surface area (Å²) >= 11 is 2.00. The quantitative estimate of drug-likeness (QED) is 0.761. The molecule has 1 saturated carbocycles. The van der Waals surface area contributed by atoms with Crippen LogP contribution in [0.15, 0.2) is 0 Å². The van der Waals surface area contributed by atoms with E-state index in [-0.39, 0.29) is 11.5 Å². The molecule has 16 heavy (non-hydrogen) atoms. The van der Waals surface area contributed by atoms with Gasteiger partial charge in [-0.3, -0.25) is 0 Å². The molecule has 1 aliphatic carbocycles. The lowest BCUT2D eigenvalue weighted by Crippen LogP contribution is -2.37. The first-order chi connectivity index (χ1) is 7.59. The van der Waals surface area contributed by atoms with E-state index in [1.54, 1.807) is 6.92 Å². The Bertz CT molecular complexity index is 290. The lowest BCUT2D eigenvalue weighted by atomic mass is 10.2. The van der Waals surface area contributed by atoms with E-state index in [0.29, 0.717) is 17.8 Å². The zero-order valence-corrected chi connectivity index (χ0v) is 11.9. The monoisotopic (exact) mass is 265 g/mol. The van der Waals surface area contributed by atoms with E-state index in [9.17, 15) is 8.42 Å². The van der Waals surface area contributed by atoms with Crippen LogP contribution in [0.25, 0.3) is 0 Å². The fourth-order valence-corrected chi connectivity index (χ4v) is 4.06. The van der Waals surface area contributed by atoms with E-state index in [1.165, 1.54) is 19.3 Å². The minimum Gasteiger partial charge on any atom is -0.312 e. The van der Waals surface area contributed by atoms with Gasteiger partial charge in [-0.1, -0.05) is 20.3 Å². The lowest BCUT2D eigenvalue weighted by Gasteiger charge is -2.20. The third-order valence-corrected chi connectivity index (χ3v) is 6.12. The first-order valence-electron chi connectivity index (χ1n) is 6.14. The smallest absolute Gasteiger partial charge is 0.151 e.